The highest BCUT2D eigenvalue weighted by molar-refractivity contribution is 5.75. The molecule has 1 unspecified atom stereocenters. The van der Waals surface area contributed by atoms with E-state index >= 15 is 0 Å². The van der Waals surface area contributed by atoms with Gasteiger partial charge in [0.25, 0.3) is 0 Å². The number of carboxylic acids is 1. The zero-order chi connectivity index (χ0) is 13.4. The van der Waals surface area contributed by atoms with Gasteiger partial charge in [-0.1, -0.05) is 13.3 Å². The second kappa shape index (κ2) is 7.44. The van der Waals surface area contributed by atoms with Crippen LogP contribution in [0.1, 0.15) is 32.2 Å². The van der Waals surface area contributed by atoms with Crippen LogP contribution in [-0.2, 0) is 14.4 Å². The fourth-order valence-corrected chi connectivity index (χ4v) is 1.61. The van der Waals surface area contributed by atoms with Gasteiger partial charge in [-0.3, -0.25) is 9.63 Å². The summed E-state index contributed by atoms with van der Waals surface area (Å²) >= 11 is 0. The Kier molecular flexibility index (Phi) is 5.86. The number of nitrogens with one attached hydrogen (secondary N) is 1. The van der Waals surface area contributed by atoms with E-state index in [2.05, 4.69) is 15.3 Å². The van der Waals surface area contributed by atoms with Crippen molar-refractivity contribution in [2.45, 2.75) is 32.2 Å². The maximum atomic E-state index is 11.5. The maximum Gasteiger partial charge on any atom is 0.332 e. The molecule has 100 valence electrons. The number of hydroxylamine groups is 1. The van der Waals surface area contributed by atoms with Crippen LogP contribution in [0.3, 0.4) is 0 Å². The average molecular weight is 255 g/mol. The molecule has 0 spiro atoms. The molecule has 7 nitrogen and oxygen atoms in total. The number of carbonyl (C=O) groups excluding carboxylic acids is 1. The fourth-order valence-electron chi connectivity index (χ4n) is 1.61. The van der Waals surface area contributed by atoms with Crippen molar-refractivity contribution >= 4 is 11.9 Å². The van der Waals surface area contributed by atoms with Crippen LogP contribution in [0.4, 0.5) is 0 Å². The van der Waals surface area contributed by atoms with Gasteiger partial charge in [-0.15, -0.1) is 0 Å². The van der Waals surface area contributed by atoms with E-state index in [9.17, 15) is 9.59 Å². The molecule has 0 aliphatic rings. The molecule has 0 aromatic carbocycles. The molecule has 1 aromatic rings. The van der Waals surface area contributed by atoms with Crippen molar-refractivity contribution in [3.63, 3.8) is 0 Å². The smallest absolute Gasteiger partial charge is 0.332 e. The van der Waals surface area contributed by atoms with Gasteiger partial charge in [-0.05, 0) is 6.42 Å². The lowest BCUT2D eigenvalue weighted by Crippen LogP contribution is -2.28. The normalized spacial score (nSPS) is 12.1. The first-order valence-electron chi connectivity index (χ1n) is 5.73. The molecule has 0 radical (unpaired) electrons. The number of carbonyl (C=O) groups is 2. The lowest BCUT2D eigenvalue weighted by Gasteiger charge is -2.16. The quantitative estimate of drug-likeness (QED) is 0.668. The highest BCUT2D eigenvalue weighted by Crippen LogP contribution is 2.17. The molecule has 0 saturated carbocycles. The van der Waals surface area contributed by atoms with Gasteiger partial charge in [0, 0.05) is 24.9 Å². The van der Waals surface area contributed by atoms with Crippen LogP contribution in [-0.4, -0.2) is 33.1 Å². The Balaban J connectivity index is 2.41. The van der Waals surface area contributed by atoms with Crippen molar-refractivity contribution in [2.24, 2.45) is 0 Å². The number of aliphatic carboxylic acids is 1. The first kappa shape index (κ1) is 14.2. The van der Waals surface area contributed by atoms with E-state index in [1.807, 2.05) is 11.5 Å². The summed E-state index contributed by atoms with van der Waals surface area (Å²) in [4.78, 5) is 30.2. The Bertz CT molecular complexity index is 378. The van der Waals surface area contributed by atoms with Crippen LogP contribution >= 0.6 is 0 Å². The summed E-state index contributed by atoms with van der Waals surface area (Å²) in [5.41, 5.74) is 2.11. The Labute approximate surface area is 105 Å². The largest absolute Gasteiger partial charge is 0.479 e. The molecule has 0 aliphatic heterocycles. The summed E-state index contributed by atoms with van der Waals surface area (Å²) in [6.07, 6.45) is 7.11. The minimum Gasteiger partial charge on any atom is -0.479 e. The van der Waals surface area contributed by atoms with Crippen LogP contribution in [0.25, 0.3) is 0 Å². The zero-order valence-corrected chi connectivity index (χ0v) is 10.2. The highest BCUT2D eigenvalue weighted by atomic mass is 16.7. The van der Waals surface area contributed by atoms with Crippen molar-refractivity contribution in [2.75, 3.05) is 6.61 Å². The zero-order valence-electron chi connectivity index (χ0n) is 10.2. The molecular weight excluding hydrogens is 238 g/mol. The summed E-state index contributed by atoms with van der Waals surface area (Å²) < 4.78 is 1.86. The first-order valence-corrected chi connectivity index (χ1v) is 5.73. The Morgan fingerprint density at radius 3 is 2.89 bits per heavy atom. The molecular formula is C11H17N3O4. The van der Waals surface area contributed by atoms with Gasteiger partial charge in [-0.2, -0.15) is 0 Å². The Morgan fingerprint density at radius 2 is 2.33 bits per heavy atom. The lowest BCUT2D eigenvalue weighted by atomic mass is 10.1. The fraction of sp³-hybridized carbons (Fsp3) is 0.545. The molecule has 7 heteroatoms. The third kappa shape index (κ3) is 4.96. The van der Waals surface area contributed by atoms with E-state index in [0.29, 0.717) is 0 Å². The van der Waals surface area contributed by atoms with E-state index in [1.165, 1.54) is 0 Å². The number of rotatable bonds is 8. The van der Waals surface area contributed by atoms with Gasteiger partial charge in [0.05, 0.1) is 6.33 Å². The van der Waals surface area contributed by atoms with E-state index in [0.717, 1.165) is 12.8 Å². The number of amides is 1. The maximum absolute atomic E-state index is 11.5. The number of hydrogen-bond donors (Lipinski definition) is 2. The Morgan fingerprint density at radius 1 is 1.56 bits per heavy atom. The summed E-state index contributed by atoms with van der Waals surface area (Å²) in [6.45, 7) is 1.48. The van der Waals surface area contributed by atoms with Crippen molar-refractivity contribution < 1.29 is 19.5 Å². The molecule has 0 saturated heterocycles. The van der Waals surface area contributed by atoms with Crippen LogP contribution in [0, 0.1) is 0 Å². The molecule has 1 atom stereocenters. The molecule has 1 heterocycles. The average Bonchev–Trinajstić information content (AvgIpc) is 2.81. The van der Waals surface area contributed by atoms with Crippen LogP contribution < -0.4 is 5.48 Å². The van der Waals surface area contributed by atoms with Crippen LogP contribution in [0.15, 0.2) is 18.7 Å². The van der Waals surface area contributed by atoms with Gasteiger partial charge in [0.1, 0.15) is 0 Å². The van der Waals surface area contributed by atoms with Gasteiger partial charge < -0.3 is 9.67 Å². The van der Waals surface area contributed by atoms with Crippen LogP contribution in [0.2, 0.25) is 0 Å². The number of nitrogens with zero attached hydrogens (tertiary/aromatic N) is 2. The van der Waals surface area contributed by atoms with Gasteiger partial charge in [0.2, 0.25) is 5.91 Å². The standard InChI is InChI=1S/C11H17N3O4/c1-2-3-9(14-5-4-12-8-14)6-10(15)13-18-7-11(16)17/h4-5,8-9H,2-3,6-7H2,1H3,(H,13,15)(H,16,17). The van der Waals surface area contributed by atoms with Crippen molar-refractivity contribution in [3.8, 4) is 0 Å². The predicted molar refractivity (Wildman–Crippen MR) is 62.5 cm³/mol. The van der Waals surface area contributed by atoms with Crippen molar-refractivity contribution in [1.29, 1.82) is 0 Å². The summed E-state index contributed by atoms with van der Waals surface area (Å²) in [6, 6.07) is 0.00549. The topological polar surface area (TPSA) is 93.5 Å². The van der Waals surface area contributed by atoms with E-state index in [-0.39, 0.29) is 18.4 Å². The summed E-state index contributed by atoms with van der Waals surface area (Å²) in [5.74, 6) is -1.47. The third-order valence-corrected chi connectivity index (χ3v) is 2.37. The van der Waals surface area contributed by atoms with Gasteiger partial charge >= 0.3 is 5.97 Å². The molecule has 18 heavy (non-hydrogen) atoms. The second-order valence-electron chi connectivity index (χ2n) is 3.86. The molecule has 1 amide bonds. The predicted octanol–water partition coefficient (Wildman–Crippen LogP) is 0.747. The number of hydrogen-bond acceptors (Lipinski definition) is 4. The highest BCUT2D eigenvalue weighted by Gasteiger charge is 2.14. The summed E-state index contributed by atoms with van der Waals surface area (Å²) in [5, 5.41) is 8.35. The molecule has 0 aliphatic carbocycles. The monoisotopic (exact) mass is 255 g/mol. The third-order valence-electron chi connectivity index (χ3n) is 2.37. The number of imidazole rings is 1. The van der Waals surface area contributed by atoms with Crippen molar-refractivity contribution in [1.82, 2.24) is 15.0 Å². The van der Waals surface area contributed by atoms with Crippen LogP contribution in [0.5, 0.6) is 0 Å². The van der Waals surface area contributed by atoms with E-state index < -0.39 is 12.6 Å². The van der Waals surface area contributed by atoms with Gasteiger partial charge in [0.15, 0.2) is 6.61 Å². The SMILES string of the molecule is CCCC(CC(=O)NOCC(=O)O)n1ccnc1. The second-order valence-corrected chi connectivity index (χ2v) is 3.86. The number of aromatic nitrogens is 2. The molecule has 1 aromatic heterocycles. The minimum atomic E-state index is -1.13. The van der Waals surface area contributed by atoms with E-state index in [1.54, 1.807) is 18.7 Å². The lowest BCUT2D eigenvalue weighted by molar-refractivity contribution is -0.149. The molecule has 1 rings (SSSR count). The Hall–Kier alpha value is -1.89. The van der Waals surface area contributed by atoms with Gasteiger partial charge in [-0.25, -0.2) is 15.3 Å². The van der Waals surface area contributed by atoms with Crippen molar-refractivity contribution in [3.05, 3.63) is 18.7 Å². The number of carboxylic acid groups (broad SMARTS) is 1. The molecule has 2 N–H and O–H groups in total. The van der Waals surface area contributed by atoms with E-state index in [4.69, 9.17) is 5.11 Å². The first-order chi connectivity index (χ1) is 8.63. The molecule has 0 fully saturated rings. The minimum absolute atomic E-state index is 0.00549. The molecule has 0 bridgehead atoms. The summed E-state index contributed by atoms with van der Waals surface area (Å²) in [7, 11) is 0.